The third kappa shape index (κ3) is 2.01. The van der Waals surface area contributed by atoms with Gasteiger partial charge in [0, 0.05) is 0 Å². The normalized spacial score (nSPS) is 10.3. The first kappa shape index (κ1) is 11.6. The SMILES string of the molecule is COc1ccc(OC)c(-c2onc(N)c2Cl)c1. The Kier molecular flexibility index (Phi) is 3.10. The van der Waals surface area contributed by atoms with Crippen molar-refractivity contribution in [2.75, 3.05) is 20.0 Å². The second kappa shape index (κ2) is 4.55. The maximum absolute atomic E-state index is 5.99. The molecule has 2 rings (SSSR count). The molecule has 2 N–H and O–H groups in total. The summed E-state index contributed by atoms with van der Waals surface area (Å²) in [7, 11) is 3.13. The van der Waals surface area contributed by atoms with Crippen LogP contribution in [-0.4, -0.2) is 19.4 Å². The summed E-state index contributed by atoms with van der Waals surface area (Å²) in [5.41, 5.74) is 6.17. The molecule has 0 atom stereocenters. The molecule has 0 aliphatic carbocycles. The molecular weight excluding hydrogens is 244 g/mol. The molecule has 17 heavy (non-hydrogen) atoms. The van der Waals surface area contributed by atoms with Crippen LogP contribution in [0.3, 0.4) is 0 Å². The van der Waals surface area contributed by atoms with Crippen LogP contribution in [0.1, 0.15) is 0 Å². The van der Waals surface area contributed by atoms with Crippen molar-refractivity contribution in [3.63, 3.8) is 0 Å². The number of nitrogens with two attached hydrogens (primary N) is 1. The van der Waals surface area contributed by atoms with E-state index in [1.807, 2.05) is 0 Å². The Morgan fingerprint density at radius 1 is 1.29 bits per heavy atom. The lowest BCUT2D eigenvalue weighted by Crippen LogP contribution is -1.90. The van der Waals surface area contributed by atoms with Gasteiger partial charge in [-0.3, -0.25) is 0 Å². The molecule has 1 aromatic carbocycles. The molecule has 0 fully saturated rings. The fourth-order valence-electron chi connectivity index (χ4n) is 1.45. The van der Waals surface area contributed by atoms with E-state index >= 15 is 0 Å². The van der Waals surface area contributed by atoms with Crippen molar-refractivity contribution < 1.29 is 14.0 Å². The van der Waals surface area contributed by atoms with Gasteiger partial charge < -0.3 is 19.7 Å². The quantitative estimate of drug-likeness (QED) is 0.912. The number of nitrogen functional groups attached to an aromatic ring is 1. The van der Waals surface area contributed by atoms with E-state index < -0.39 is 0 Å². The number of aromatic nitrogens is 1. The lowest BCUT2D eigenvalue weighted by molar-refractivity contribution is 0.398. The molecule has 0 saturated heterocycles. The summed E-state index contributed by atoms with van der Waals surface area (Å²) < 4.78 is 15.4. The highest BCUT2D eigenvalue weighted by Gasteiger charge is 2.18. The summed E-state index contributed by atoms with van der Waals surface area (Å²) in [6, 6.07) is 5.27. The van der Waals surface area contributed by atoms with Crippen LogP contribution in [0.25, 0.3) is 11.3 Å². The molecule has 1 aromatic heterocycles. The smallest absolute Gasteiger partial charge is 0.191 e. The Morgan fingerprint density at radius 3 is 2.59 bits per heavy atom. The number of ether oxygens (including phenoxy) is 2. The number of halogens is 1. The number of methoxy groups -OCH3 is 2. The molecule has 0 amide bonds. The average Bonchev–Trinajstić information content (AvgIpc) is 2.69. The minimum atomic E-state index is 0.145. The highest BCUT2D eigenvalue weighted by atomic mass is 35.5. The molecule has 0 saturated carbocycles. The Bertz CT molecular complexity index is 540. The maximum Gasteiger partial charge on any atom is 0.191 e. The monoisotopic (exact) mass is 254 g/mol. The van der Waals surface area contributed by atoms with Gasteiger partial charge in [0.1, 0.15) is 16.5 Å². The Balaban J connectivity index is 2.60. The standard InChI is InChI=1S/C11H11ClN2O3/c1-15-6-3-4-8(16-2)7(5-6)10-9(12)11(13)14-17-10/h3-5H,1-2H3,(H2,13,14). The highest BCUT2D eigenvalue weighted by molar-refractivity contribution is 6.35. The minimum absolute atomic E-state index is 0.145. The van der Waals surface area contributed by atoms with Crippen molar-refractivity contribution in [1.29, 1.82) is 0 Å². The molecule has 0 radical (unpaired) electrons. The van der Waals surface area contributed by atoms with Crippen LogP contribution in [0.4, 0.5) is 5.82 Å². The fourth-order valence-corrected chi connectivity index (χ4v) is 1.62. The summed E-state index contributed by atoms with van der Waals surface area (Å²) in [6.07, 6.45) is 0. The van der Waals surface area contributed by atoms with Crippen LogP contribution >= 0.6 is 11.6 Å². The molecule has 0 unspecified atom stereocenters. The van der Waals surface area contributed by atoms with Gasteiger partial charge in [-0.25, -0.2) is 0 Å². The van der Waals surface area contributed by atoms with Gasteiger partial charge in [-0.1, -0.05) is 16.8 Å². The maximum atomic E-state index is 5.99. The van der Waals surface area contributed by atoms with Crippen LogP contribution in [-0.2, 0) is 0 Å². The largest absolute Gasteiger partial charge is 0.497 e. The Morgan fingerprint density at radius 2 is 2.06 bits per heavy atom. The molecule has 0 spiro atoms. The number of nitrogens with zero attached hydrogens (tertiary/aromatic N) is 1. The van der Waals surface area contributed by atoms with E-state index in [1.54, 1.807) is 32.4 Å². The van der Waals surface area contributed by atoms with E-state index in [1.165, 1.54) is 0 Å². The summed E-state index contributed by atoms with van der Waals surface area (Å²) in [4.78, 5) is 0. The number of anilines is 1. The molecule has 2 aromatic rings. The predicted molar refractivity (Wildman–Crippen MR) is 64.5 cm³/mol. The van der Waals surface area contributed by atoms with Crippen molar-refractivity contribution in [1.82, 2.24) is 5.16 Å². The molecule has 1 heterocycles. The van der Waals surface area contributed by atoms with Crippen LogP contribution in [0.2, 0.25) is 5.02 Å². The van der Waals surface area contributed by atoms with Gasteiger partial charge >= 0.3 is 0 Å². The van der Waals surface area contributed by atoms with E-state index in [4.69, 9.17) is 31.3 Å². The molecular formula is C11H11ClN2O3. The molecule has 5 nitrogen and oxygen atoms in total. The molecule has 90 valence electrons. The summed E-state index contributed by atoms with van der Waals surface area (Å²) in [6.45, 7) is 0. The first-order valence-electron chi connectivity index (χ1n) is 4.80. The van der Waals surface area contributed by atoms with Crippen molar-refractivity contribution in [2.24, 2.45) is 0 Å². The van der Waals surface area contributed by atoms with Gasteiger partial charge in [0.15, 0.2) is 11.6 Å². The average molecular weight is 255 g/mol. The van der Waals surface area contributed by atoms with Gasteiger partial charge in [0.2, 0.25) is 0 Å². The van der Waals surface area contributed by atoms with Crippen molar-refractivity contribution in [3.8, 4) is 22.8 Å². The number of hydrogen-bond donors (Lipinski definition) is 1. The third-order valence-electron chi connectivity index (χ3n) is 2.31. The number of benzene rings is 1. The number of hydrogen-bond acceptors (Lipinski definition) is 5. The van der Waals surface area contributed by atoms with Gasteiger partial charge in [-0.15, -0.1) is 0 Å². The van der Waals surface area contributed by atoms with E-state index in [-0.39, 0.29) is 10.8 Å². The Labute approximate surface area is 103 Å². The second-order valence-electron chi connectivity index (χ2n) is 3.28. The zero-order valence-electron chi connectivity index (χ0n) is 9.36. The molecule has 0 aliphatic rings. The van der Waals surface area contributed by atoms with Crippen molar-refractivity contribution >= 4 is 17.4 Å². The summed E-state index contributed by atoms with van der Waals surface area (Å²) >= 11 is 5.99. The third-order valence-corrected chi connectivity index (χ3v) is 2.68. The summed E-state index contributed by atoms with van der Waals surface area (Å²) in [5.74, 6) is 1.77. The second-order valence-corrected chi connectivity index (χ2v) is 3.66. The van der Waals surface area contributed by atoms with Gasteiger partial charge in [-0.2, -0.15) is 0 Å². The van der Waals surface area contributed by atoms with Crippen molar-refractivity contribution in [3.05, 3.63) is 23.2 Å². The van der Waals surface area contributed by atoms with Crippen LogP contribution < -0.4 is 15.2 Å². The van der Waals surface area contributed by atoms with Gasteiger partial charge in [-0.05, 0) is 18.2 Å². The van der Waals surface area contributed by atoms with E-state index in [0.29, 0.717) is 22.8 Å². The first-order valence-corrected chi connectivity index (χ1v) is 5.18. The zero-order chi connectivity index (χ0) is 12.4. The van der Waals surface area contributed by atoms with E-state index in [0.717, 1.165) is 0 Å². The summed E-state index contributed by atoms with van der Waals surface area (Å²) in [5, 5.41) is 3.86. The van der Waals surface area contributed by atoms with Crippen LogP contribution in [0, 0.1) is 0 Å². The van der Waals surface area contributed by atoms with Gasteiger partial charge in [0.05, 0.1) is 19.8 Å². The van der Waals surface area contributed by atoms with E-state index in [9.17, 15) is 0 Å². The Hall–Kier alpha value is -1.88. The van der Waals surface area contributed by atoms with Gasteiger partial charge in [0.25, 0.3) is 0 Å². The topological polar surface area (TPSA) is 70.5 Å². The molecule has 0 bridgehead atoms. The fraction of sp³-hybridized carbons (Fsp3) is 0.182. The highest BCUT2D eigenvalue weighted by Crippen LogP contribution is 2.39. The van der Waals surface area contributed by atoms with Crippen LogP contribution in [0.5, 0.6) is 11.5 Å². The first-order chi connectivity index (χ1) is 8.17. The van der Waals surface area contributed by atoms with Crippen molar-refractivity contribution in [2.45, 2.75) is 0 Å². The van der Waals surface area contributed by atoms with E-state index in [2.05, 4.69) is 5.16 Å². The minimum Gasteiger partial charge on any atom is -0.497 e. The van der Waals surface area contributed by atoms with Crippen LogP contribution in [0.15, 0.2) is 22.7 Å². The predicted octanol–water partition coefficient (Wildman–Crippen LogP) is 2.59. The lowest BCUT2D eigenvalue weighted by Gasteiger charge is -2.08. The lowest BCUT2D eigenvalue weighted by atomic mass is 10.1. The number of rotatable bonds is 3. The molecule has 6 heteroatoms. The zero-order valence-corrected chi connectivity index (χ0v) is 10.1. The molecule has 0 aliphatic heterocycles.